The van der Waals surface area contributed by atoms with E-state index in [9.17, 15) is 0 Å². The highest BCUT2D eigenvalue weighted by Gasteiger charge is 2.22. The molecule has 29 heavy (non-hydrogen) atoms. The van der Waals surface area contributed by atoms with Gasteiger partial charge in [-0.1, -0.05) is 19.9 Å². The van der Waals surface area contributed by atoms with Gasteiger partial charge in [0.2, 0.25) is 0 Å². The Balaban J connectivity index is 0.00000420. The average Bonchev–Trinajstić information content (AvgIpc) is 2.71. The fraction of sp³-hybridized carbons (Fsp3) is 0.381. The molecule has 0 aliphatic rings. The summed E-state index contributed by atoms with van der Waals surface area (Å²) >= 11 is 0. The van der Waals surface area contributed by atoms with Crippen LogP contribution in [0.1, 0.15) is 19.4 Å². The number of guanidine groups is 1. The Morgan fingerprint density at radius 2 is 1.38 bits per heavy atom. The van der Waals surface area contributed by atoms with Gasteiger partial charge in [0.25, 0.3) is 0 Å². The van der Waals surface area contributed by atoms with E-state index in [0.29, 0.717) is 35.5 Å². The molecule has 7 nitrogen and oxygen atoms in total. The number of nitrogens with zero attached hydrogens (tertiary/aromatic N) is 1. The lowest BCUT2D eigenvalue weighted by molar-refractivity contribution is 0.353. The van der Waals surface area contributed by atoms with Gasteiger partial charge in [-0.3, -0.25) is 4.99 Å². The van der Waals surface area contributed by atoms with Crippen molar-refractivity contribution < 1.29 is 18.9 Å². The molecule has 160 valence electrons. The Bertz CT molecular complexity index is 841. The van der Waals surface area contributed by atoms with E-state index >= 15 is 0 Å². The van der Waals surface area contributed by atoms with E-state index in [0.717, 1.165) is 11.3 Å². The van der Waals surface area contributed by atoms with E-state index < -0.39 is 0 Å². The molecule has 2 rings (SSSR count). The molecule has 0 saturated heterocycles. The highest BCUT2D eigenvalue weighted by Crippen LogP contribution is 2.33. The zero-order chi connectivity index (χ0) is 20.7. The van der Waals surface area contributed by atoms with Gasteiger partial charge in [0.1, 0.15) is 0 Å². The number of nitrogens with one attached hydrogen (secondary N) is 1. The normalized spacial score (nSPS) is 11.3. The molecule has 0 spiro atoms. The van der Waals surface area contributed by atoms with Crippen LogP contribution in [0.25, 0.3) is 0 Å². The van der Waals surface area contributed by atoms with Crippen molar-refractivity contribution in [3.8, 4) is 23.0 Å². The minimum absolute atomic E-state index is 0. The molecule has 0 bridgehead atoms. The lowest BCUT2D eigenvalue weighted by atomic mass is 9.84. The quantitative estimate of drug-likeness (QED) is 0.314. The van der Waals surface area contributed by atoms with Gasteiger partial charge in [-0.25, -0.2) is 0 Å². The lowest BCUT2D eigenvalue weighted by Crippen LogP contribution is -2.27. The third-order valence-electron chi connectivity index (χ3n) is 4.47. The number of halogens is 1. The van der Waals surface area contributed by atoms with Gasteiger partial charge < -0.3 is 30.0 Å². The monoisotopic (exact) mass is 515 g/mol. The molecule has 0 saturated carbocycles. The topological polar surface area (TPSA) is 87.3 Å². The van der Waals surface area contributed by atoms with E-state index in [4.69, 9.17) is 24.7 Å². The first-order valence-electron chi connectivity index (χ1n) is 8.86. The van der Waals surface area contributed by atoms with Crippen LogP contribution in [-0.4, -0.2) is 40.9 Å². The van der Waals surface area contributed by atoms with Crippen LogP contribution >= 0.6 is 24.0 Å². The maximum Gasteiger partial charge on any atom is 0.193 e. The third-order valence-corrected chi connectivity index (χ3v) is 4.47. The van der Waals surface area contributed by atoms with Gasteiger partial charge in [-0.05, 0) is 29.8 Å². The van der Waals surface area contributed by atoms with Gasteiger partial charge in [0.15, 0.2) is 29.0 Å². The lowest BCUT2D eigenvalue weighted by Gasteiger charge is -2.24. The number of nitrogens with two attached hydrogens (primary N) is 1. The zero-order valence-corrected chi connectivity index (χ0v) is 20.1. The molecular formula is C21H30IN3O4. The second-order valence-electron chi connectivity index (χ2n) is 6.85. The molecule has 0 atom stereocenters. The van der Waals surface area contributed by atoms with E-state index in [2.05, 4.69) is 24.2 Å². The molecule has 0 heterocycles. The highest BCUT2D eigenvalue weighted by atomic mass is 127. The molecule has 2 aromatic rings. The number of methoxy groups -OCH3 is 4. The van der Waals surface area contributed by atoms with Crippen LogP contribution in [0, 0.1) is 0 Å². The van der Waals surface area contributed by atoms with E-state index in [1.807, 2.05) is 30.3 Å². The molecule has 2 aromatic carbocycles. The zero-order valence-electron chi connectivity index (χ0n) is 17.7. The largest absolute Gasteiger partial charge is 0.493 e. The summed E-state index contributed by atoms with van der Waals surface area (Å²) in [6.07, 6.45) is 0. The number of hydrogen-bond acceptors (Lipinski definition) is 5. The highest BCUT2D eigenvalue weighted by molar-refractivity contribution is 14.0. The standard InChI is InChI=1S/C21H29N3O4.HI/c1-21(2,14-7-9-16(25-3)18(11-14)27-5)13-23-20(22)24-15-8-10-17(26-4)19(12-15)28-6;/h7-12H,13H2,1-6H3,(H3,22,23,24);1H. The van der Waals surface area contributed by atoms with E-state index in [-0.39, 0.29) is 29.4 Å². The summed E-state index contributed by atoms with van der Waals surface area (Å²) in [5.41, 5.74) is 7.67. The summed E-state index contributed by atoms with van der Waals surface area (Å²) < 4.78 is 21.2. The summed E-state index contributed by atoms with van der Waals surface area (Å²) in [4.78, 5) is 4.50. The first-order valence-corrected chi connectivity index (χ1v) is 8.86. The molecule has 8 heteroatoms. The van der Waals surface area contributed by atoms with Crippen LogP contribution in [0.5, 0.6) is 23.0 Å². The Labute approximate surface area is 189 Å². The fourth-order valence-corrected chi connectivity index (χ4v) is 2.73. The summed E-state index contributed by atoms with van der Waals surface area (Å²) in [5, 5.41) is 3.08. The molecule has 0 radical (unpaired) electrons. The van der Waals surface area contributed by atoms with Crippen LogP contribution in [0.15, 0.2) is 41.4 Å². The molecule has 0 unspecified atom stereocenters. The molecule has 0 aromatic heterocycles. The van der Waals surface area contributed by atoms with Crippen molar-refractivity contribution in [3.63, 3.8) is 0 Å². The smallest absolute Gasteiger partial charge is 0.193 e. The summed E-state index contributed by atoms with van der Waals surface area (Å²) in [7, 11) is 6.42. The predicted molar refractivity (Wildman–Crippen MR) is 128 cm³/mol. The molecule has 0 aliphatic carbocycles. The van der Waals surface area contributed by atoms with Crippen molar-refractivity contribution in [1.82, 2.24) is 0 Å². The Kier molecular flexibility index (Phi) is 9.35. The number of rotatable bonds is 8. The Morgan fingerprint density at radius 3 is 1.93 bits per heavy atom. The van der Waals surface area contributed by atoms with Crippen LogP contribution in [-0.2, 0) is 5.41 Å². The van der Waals surface area contributed by atoms with Gasteiger partial charge in [-0.2, -0.15) is 0 Å². The third kappa shape index (κ3) is 6.31. The number of aliphatic imine (C=N–C) groups is 1. The van der Waals surface area contributed by atoms with Crippen LogP contribution < -0.4 is 30.0 Å². The van der Waals surface area contributed by atoms with E-state index in [1.165, 1.54) is 0 Å². The predicted octanol–water partition coefficient (Wildman–Crippen LogP) is 4.04. The fourth-order valence-electron chi connectivity index (χ4n) is 2.73. The van der Waals surface area contributed by atoms with Crippen LogP contribution in [0.4, 0.5) is 5.69 Å². The number of anilines is 1. The summed E-state index contributed by atoms with van der Waals surface area (Å²) in [6.45, 7) is 4.69. The molecule has 0 aliphatic heterocycles. The van der Waals surface area contributed by atoms with Gasteiger partial charge in [0, 0.05) is 17.2 Å². The van der Waals surface area contributed by atoms with E-state index in [1.54, 1.807) is 34.5 Å². The minimum atomic E-state index is -0.247. The second kappa shape index (κ2) is 11.0. The SMILES string of the molecule is COc1ccc(NC(N)=NCC(C)(C)c2ccc(OC)c(OC)c2)cc1OC.I. The molecule has 0 fully saturated rings. The average molecular weight is 515 g/mol. The Hall–Kier alpha value is -2.36. The van der Waals surface area contributed by atoms with Crippen molar-refractivity contribution in [2.24, 2.45) is 10.7 Å². The maximum absolute atomic E-state index is 6.08. The van der Waals surface area contributed by atoms with Gasteiger partial charge in [-0.15, -0.1) is 24.0 Å². The Morgan fingerprint density at radius 1 is 0.862 bits per heavy atom. The van der Waals surface area contributed by atoms with Crippen molar-refractivity contribution in [2.75, 3.05) is 40.3 Å². The molecule has 3 N–H and O–H groups in total. The van der Waals surface area contributed by atoms with Gasteiger partial charge in [0.05, 0.1) is 35.0 Å². The molecule has 0 amide bonds. The second-order valence-corrected chi connectivity index (χ2v) is 6.85. The number of hydrogen-bond donors (Lipinski definition) is 2. The van der Waals surface area contributed by atoms with Crippen LogP contribution in [0.3, 0.4) is 0 Å². The number of benzene rings is 2. The van der Waals surface area contributed by atoms with Crippen molar-refractivity contribution in [1.29, 1.82) is 0 Å². The summed E-state index contributed by atoms with van der Waals surface area (Å²) in [6, 6.07) is 11.3. The van der Waals surface area contributed by atoms with Gasteiger partial charge >= 0.3 is 0 Å². The van der Waals surface area contributed by atoms with Crippen LogP contribution in [0.2, 0.25) is 0 Å². The molecular weight excluding hydrogens is 485 g/mol. The van der Waals surface area contributed by atoms with Crippen molar-refractivity contribution >= 4 is 35.6 Å². The number of ether oxygens (including phenoxy) is 4. The van der Waals surface area contributed by atoms with Crippen molar-refractivity contribution in [3.05, 3.63) is 42.0 Å². The van der Waals surface area contributed by atoms with Crippen molar-refractivity contribution in [2.45, 2.75) is 19.3 Å². The maximum atomic E-state index is 6.08. The first kappa shape index (κ1) is 24.7. The minimum Gasteiger partial charge on any atom is -0.493 e. The summed E-state index contributed by atoms with van der Waals surface area (Å²) in [5.74, 6) is 2.97. The first-order chi connectivity index (χ1) is 13.3.